The Kier molecular flexibility index (Phi) is 1.68. The highest BCUT2D eigenvalue weighted by Crippen LogP contribution is 2.22. The molecular weight excluding hydrogens is 146 g/mol. The number of nitrogens with zero attached hydrogens (tertiary/aromatic N) is 1. The van der Waals surface area contributed by atoms with Crippen molar-refractivity contribution in [2.24, 2.45) is 0 Å². The molecule has 11 heavy (non-hydrogen) atoms. The minimum atomic E-state index is -0.990. The predicted octanol–water partition coefficient (Wildman–Crippen LogP) is 1.04. The molecule has 0 atom stereocenters. The summed E-state index contributed by atoms with van der Waals surface area (Å²) < 4.78 is 4.87. The van der Waals surface area contributed by atoms with Crippen molar-refractivity contribution >= 4 is 5.97 Å². The van der Waals surface area contributed by atoms with Gasteiger partial charge in [0.05, 0.1) is 6.20 Å². The molecule has 0 saturated carbocycles. The van der Waals surface area contributed by atoms with E-state index < -0.39 is 11.4 Å². The van der Waals surface area contributed by atoms with Crippen LogP contribution in [0.4, 0.5) is 0 Å². The van der Waals surface area contributed by atoms with Crippen LogP contribution in [0.2, 0.25) is 0 Å². The Morgan fingerprint density at radius 2 is 2.36 bits per heavy atom. The van der Waals surface area contributed by atoms with Crippen LogP contribution in [0.3, 0.4) is 0 Å². The first kappa shape index (κ1) is 7.78. The van der Waals surface area contributed by atoms with Crippen molar-refractivity contribution in [1.29, 1.82) is 0 Å². The molecule has 0 unspecified atom stereocenters. The van der Waals surface area contributed by atoms with Gasteiger partial charge >= 0.3 is 5.97 Å². The quantitative estimate of drug-likeness (QED) is 0.692. The van der Waals surface area contributed by atoms with Gasteiger partial charge in [0, 0.05) is 0 Å². The van der Waals surface area contributed by atoms with Crippen LogP contribution >= 0.6 is 0 Å². The average molecular weight is 155 g/mol. The van der Waals surface area contributed by atoms with E-state index in [9.17, 15) is 4.79 Å². The second-order valence-electron chi connectivity index (χ2n) is 2.80. The largest absolute Gasteiger partial charge is 0.481 e. The molecule has 4 heteroatoms. The molecule has 0 spiro atoms. The number of carboxylic acids is 1. The summed E-state index contributed by atoms with van der Waals surface area (Å²) >= 11 is 0. The third-order valence-corrected chi connectivity index (χ3v) is 1.58. The van der Waals surface area contributed by atoms with Crippen LogP contribution in [0.5, 0.6) is 0 Å². The molecule has 1 N–H and O–H groups in total. The molecule has 0 aliphatic carbocycles. The van der Waals surface area contributed by atoms with Crippen LogP contribution in [-0.2, 0) is 10.2 Å². The molecule has 1 rings (SSSR count). The molecule has 0 fully saturated rings. The summed E-state index contributed by atoms with van der Waals surface area (Å²) in [5.41, 5.74) is -0.990. The minimum Gasteiger partial charge on any atom is -0.481 e. The van der Waals surface area contributed by atoms with Crippen LogP contribution in [0.15, 0.2) is 17.0 Å². The maximum absolute atomic E-state index is 10.6. The summed E-state index contributed by atoms with van der Waals surface area (Å²) in [5, 5.41) is 8.73. The Hall–Kier alpha value is -1.32. The van der Waals surface area contributed by atoms with Crippen molar-refractivity contribution in [3.63, 3.8) is 0 Å². The smallest absolute Gasteiger partial charge is 0.316 e. The molecule has 1 aromatic heterocycles. The van der Waals surface area contributed by atoms with E-state index in [0.29, 0.717) is 5.76 Å². The molecule has 1 heterocycles. The van der Waals surface area contributed by atoms with Crippen molar-refractivity contribution in [3.05, 3.63) is 18.4 Å². The number of aromatic nitrogens is 1. The third-order valence-electron chi connectivity index (χ3n) is 1.58. The topological polar surface area (TPSA) is 63.3 Å². The highest BCUT2D eigenvalue weighted by molar-refractivity contribution is 5.79. The molecule has 0 bridgehead atoms. The lowest BCUT2D eigenvalue weighted by Gasteiger charge is -2.14. The van der Waals surface area contributed by atoms with E-state index >= 15 is 0 Å². The molecule has 1 aromatic rings. The lowest BCUT2D eigenvalue weighted by Crippen LogP contribution is -2.27. The lowest BCUT2D eigenvalue weighted by atomic mass is 9.91. The van der Waals surface area contributed by atoms with Crippen LogP contribution in [0.1, 0.15) is 19.6 Å². The van der Waals surface area contributed by atoms with E-state index in [2.05, 4.69) is 4.98 Å². The molecule has 4 nitrogen and oxygen atoms in total. The van der Waals surface area contributed by atoms with Gasteiger partial charge in [0.2, 0.25) is 0 Å². The summed E-state index contributed by atoms with van der Waals surface area (Å²) in [6.45, 7) is 3.13. The highest BCUT2D eigenvalue weighted by Gasteiger charge is 2.32. The van der Waals surface area contributed by atoms with Crippen LogP contribution in [-0.4, -0.2) is 16.1 Å². The first-order valence-electron chi connectivity index (χ1n) is 3.17. The number of carbonyl (C=O) groups is 1. The average Bonchev–Trinajstić information content (AvgIpc) is 2.37. The molecular formula is C7H9NO3. The van der Waals surface area contributed by atoms with Gasteiger partial charge in [0.25, 0.3) is 0 Å². The van der Waals surface area contributed by atoms with Gasteiger partial charge < -0.3 is 9.52 Å². The normalized spacial score (nSPS) is 11.5. The number of hydrogen-bond acceptors (Lipinski definition) is 3. The second-order valence-corrected chi connectivity index (χ2v) is 2.80. The van der Waals surface area contributed by atoms with Crippen molar-refractivity contribution in [1.82, 2.24) is 4.98 Å². The first-order chi connectivity index (χ1) is 5.05. The molecule has 0 saturated heterocycles. The minimum absolute atomic E-state index is 0.366. The molecule has 0 amide bonds. The van der Waals surface area contributed by atoms with Crippen molar-refractivity contribution in [3.8, 4) is 0 Å². The maximum atomic E-state index is 10.6. The van der Waals surface area contributed by atoms with Gasteiger partial charge in [-0.1, -0.05) is 0 Å². The van der Waals surface area contributed by atoms with E-state index in [1.54, 1.807) is 13.8 Å². The Morgan fingerprint density at radius 1 is 1.73 bits per heavy atom. The molecule has 60 valence electrons. The molecule has 0 aliphatic heterocycles. The Bertz CT molecular complexity index is 251. The predicted molar refractivity (Wildman–Crippen MR) is 37.2 cm³/mol. The third kappa shape index (κ3) is 1.24. The fourth-order valence-electron chi connectivity index (χ4n) is 0.630. The fraction of sp³-hybridized carbons (Fsp3) is 0.429. The van der Waals surface area contributed by atoms with Crippen molar-refractivity contribution in [2.45, 2.75) is 19.3 Å². The van der Waals surface area contributed by atoms with Crippen LogP contribution < -0.4 is 0 Å². The second kappa shape index (κ2) is 2.38. The summed E-state index contributed by atoms with van der Waals surface area (Å²) in [6, 6.07) is 0. The number of oxazole rings is 1. The highest BCUT2D eigenvalue weighted by atomic mass is 16.4. The van der Waals surface area contributed by atoms with Gasteiger partial charge in [-0.05, 0) is 13.8 Å². The Morgan fingerprint density at radius 3 is 2.73 bits per heavy atom. The van der Waals surface area contributed by atoms with Gasteiger partial charge in [-0.15, -0.1) is 0 Å². The molecule has 0 aromatic carbocycles. The van der Waals surface area contributed by atoms with Gasteiger partial charge in [-0.3, -0.25) is 4.79 Å². The van der Waals surface area contributed by atoms with E-state index in [4.69, 9.17) is 9.52 Å². The van der Waals surface area contributed by atoms with E-state index in [0.717, 1.165) is 0 Å². The van der Waals surface area contributed by atoms with Gasteiger partial charge in [0.15, 0.2) is 6.39 Å². The summed E-state index contributed by atoms with van der Waals surface area (Å²) in [4.78, 5) is 14.3. The van der Waals surface area contributed by atoms with Crippen molar-refractivity contribution in [2.75, 3.05) is 0 Å². The maximum Gasteiger partial charge on any atom is 0.316 e. The zero-order valence-electron chi connectivity index (χ0n) is 6.37. The lowest BCUT2D eigenvalue weighted by molar-refractivity contribution is -0.143. The Labute approximate surface area is 63.9 Å². The van der Waals surface area contributed by atoms with Gasteiger partial charge in [0.1, 0.15) is 11.2 Å². The number of hydrogen-bond donors (Lipinski definition) is 1. The van der Waals surface area contributed by atoms with E-state index in [1.165, 1.54) is 12.6 Å². The fourth-order valence-corrected chi connectivity index (χ4v) is 0.630. The Balaban J connectivity index is 3.00. The SMILES string of the molecule is CC(C)(C(=O)O)c1cnco1. The van der Waals surface area contributed by atoms with Crippen LogP contribution in [0, 0.1) is 0 Å². The zero-order valence-corrected chi connectivity index (χ0v) is 6.37. The van der Waals surface area contributed by atoms with Crippen molar-refractivity contribution < 1.29 is 14.3 Å². The number of aliphatic carboxylic acids is 1. The number of rotatable bonds is 2. The zero-order chi connectivity index (χ0) is 8.48. The van der Waals surface area contributed by atoms with E-state index in [1.807, 2.05) is 0 Å². The van der Waals surface area contributed by atoms with Gasteiger partial charge in [-0.25, -0.2) is 4.98 Å². The van der Waals surface area contributed by atoms with Gasteiger partial charge in [-0.2, -0.15) is 0 Å². The standard InChI is InChI=1S/C7H9NO3/c1-7(2,6(9)10)5-3-8-4-11-5/h3-4H,1-2H3,(H,9,10). The van der Waals surface area contributed by atoms with Crippen LogP contribution in [0.25, 0.3) is 0 Å². The summed E-state index contributed by atoms with van der Waals surface area (Å²) in [6.07, 6.45) is 2.63. The first-order valence-corrected chi connectivity index (χ1v) is 3.17. The van der Waals surface area contributed by atoms with E-state index in [-0.39, 0.29) is 0 Å². The summed E-state index contributed by atoms with van der Waals surface area (Å²) in [5.74, 6) is -0.556. The monoisotopic (exact) mass is 155 g/mol. The number of carboxylic acid groups (broad SMARTS) is 1. The molecule has 0 radical (unpaired) electrons. The molecule has 0 aliphatic rings. The summed E-state index contributed by atoms with van der Waals surface area (Å²) in [7, 11) is 0.